The van der Waals surface area contributed by atoms with Gasteiger partial charge in [0, 0.05) is 26.7 Å². The van der Waals surface area contributed by atoms with Crippen molar-refractivity contribution in [3.8, 4) is 0 Å². The molecule has 1 aromatic carbocycles. The number of hydrogen-bond donors (Lipinski definition) is 1. The number of urea groups is 1. The Labute approximate surface area is 122 Å². The van der Waals surface area contributed by atoms with E-state index in [1.54, 1.807) is 19.2 Å². The zero-order valence-corrected chi connectivity index (χ0v) is 11.8. The molecule has 2 rings (SSSR count). The van der Waals surface area contributed by atoms with Crippen LogP contribution in [0.3, 0.4) is 0 Å². The summed E-state index contributed by atoms with van der Waals surface area (Å²) >= 11 is 0. The maximum Gasteiger partial charge on any atom is 0.325 e. The molecular formula is C14H18FN3O3. The maximum atomic E-state index is 13.7. The number of anilines is 1. The second kappa shape index (κ2) is 6.53. The highest BCUT2D eigenvalue weighted by Crippen LogP contribution is 2.23. The highest BCUT2D eigenvalue weighted by Gasteiger charge is 2.32. The number of aliphatic hydroxyl groups is 1. The Morgan fingerprint density at radius 2 is 2.10 bits per heavy atom. The van der Waals surface area contributed by atoms with Gasteiger partial charge < -0.3 is 14.9 Å². The summed E-state index contributed by atoms with van der Waals surface area (Å²) in [6, 6.07) is 5.67. The number of amides is 3. The van der Waals surface area contributed by atoms with Gasteiger partial charge in [0.2, 0.25) is 5.91 Å². The molecule has 3 amide bonds. The Morgan fingerprint density at radius 1 is 1.38 bits per heavy atom. The lowest BCUT2D eigenvalue weighted by Crippen LogP contribution is -2.41. The van der Waals surface area contributed by atoms with Crippen LogP contribution in [0.2, 0.25) is 0 Å². The van der Waals surface area contributed by atoms with E-state index in [0.29, 0.717) is 13.1 Å². The third kappa shape index (κ3) is 3.30. The van der Waals surface area contributed by atoms with E-state index in [4.69, 9.17) is 5.11 Å². The van der Waals surface area contributed by atoms with E-state index in [-0.39, 0.29) is 37.3 Å². The fourth-order valence-corrected chi connectivity index (χ4v) is 2.18. The Hall–Kier alpha value is -2.15. The van der Waals surface area contributed by atoms with E-state index in [2.05, 4.69) is 0 Å². The van der Waals surface area contributed by atoms with Gasteiger partial charge in [-0.25, -0.2) is 9.18 Å². The first-order chi connectivity index (χ1) is 10.0. The molecule has 0 atom stereocenters. The lowest BCUT2D eigenvalue weighted by atomic mass is 10.3. The van der Waals surface area contributed by atoms with Gasteiger partial charge in [-0.15, -0.1) is 0 Å². The molecule has 1 heterocycles. The maximum absolute atomic E-state index is 13.7. The van der Waals surface area contributed by atoms with Crippen LogP contribution in [-0.2, 0) is 4.79 Å². The number of halogens is 1. The highest BCUT2D eigenvalue weighted by molar-refractivity contribution is 5.96. The molecule has 114 valence electrons. The molecule has 0 saturated carbocycles. The minimum atomic E-state index is -0.462. The summed E-state index contributed by atoms with van der Waals surface area (Å²) < 4.78 is 13.7. The molecule has 0 bridgehead atoms. The van der Waals surface area contributed by atoms with Gasteiger partial charge >= 0.3 is 6.03 Å². The lowest BCUT2D eigenvalue weighted by Gasteiger charge is -2.21. The largest absolute Gasteiger partial charge is 0.395 e. The van der Waals surface area contributed by atoms with Crippen molar-refractivity contribution in [1.29, 1.82) is 0 Å². The molecule has 0 aliphatic carbocycles. The average molecular weight is 295 g/mol. The quantitative estimate of drug-likeness (QED) is 0.861. The molecule has 1 aliphatic rings. The number of carbonyl (C=O) groups excluding carboxylic acids is 2. The number of likely N-dealkylation sites (N-methyl/N-ethyl adjacent to an activating group) is 1. The van der Waals surface area contributed by atoms with Gasteiger partial charge in [-0.3, -0.25) is 9.69 Å². The summed E-state index contributed by atoms with van der Waals surface area (Å²) in [5, 5.41) is 8.80. The predicted octanol–water partition coefficient (Wildman–Crippen LogP) is 0.518. The summed E-state index contributed by atoms with van der Waals surface area (Å²) in [5.41, 5.74) is 0.223. The van der Waals surface area contributed by atoms with Crippen LogP contribution in [0.25, 0.3) is 0 Å². The number of carbonyl (C=O) groups is 2. The molecule has 1 aliphatic heterocycles. The third-order valence-corrected chi connectivity index (χ3v) is 3.43. The Bertz CT molecular complexity index is 538. The number of hydrogen-bond acceptors (Lipinski definition) is 3. The summed E-state index contributed by atoms with van der Waals surface area (Å²) in [5.74, 6) is -0.718. The van der Waals surface area contributed by atoms with Crippen molar-refractivity contribution in [3.05, 3.63) is 30.1 Å². The van der Waals surface area contributed by atoms with Crippen LogP contribution >= 0.6 is 0 Å². The first-order valence-electron chi connectivity index (χ1n) is 6.70. The standard InChI is InChI=1S/C14H18FN3O3/c1-16(8-9-19)13(20)10-17-6-7-18(14(17)21)12-5-3-2-4-11(12)15/h2-5,19H,6-10H2,1H3. The summed E-state index contributed by atoms with van der Waals surface area (Å²) in [4.78, 5) is 28.2. The lowest BCUT2D eigenvalue weighted by molar-refractivity contribution is -0.130. The van der Waals surface area contributed by atoms with Crippen LogP contribution in [0, 0.1) is 5.82 Å². The van der Waals surface area contributed by atoms with Crippen molar-refractivity contribution in [2.24, 2.45) is 0 Å². The van der Waals surface area contributed by atoms with E-state index in [1.165, 1.54) is 26.8 Å². The van der Waals surface area contributed by atoms with Crippen LogP contribution in [0.15, 0.2) is 24.3 Å². The number of nitrogens with zero attached hydrogens (tertiary/aromatic N) is 3. The van der Waals surface area contributed by atoms with Gasteiger partial charge in [0.05, 0.1) is 12.3 Å². The van der Waals surface area contributed by atoms with Crippen LogP contribution in [-0.4, -0.2) is 66.7 Å². The monoisotopic (exact) mass is 295 g/mol. The summed E-state index contributed by atoms with van der Waals surface area (Å²) in [7, 11) is 1.56. The molecule has 0 radical (unpaired) electrons. The van der Waals surface area contributed by atoms with E-state index in [1.807, 2.05) is 0 Å². The number of aliphatic hydroxyl groups excluding tert-OH is 1. The summed E-state index contributed by atoms with van der Waals surface area (Å²) in [6.45, 7) is 0.734. The van der Waals surface area contributed by atoms with Crippen molar-refractivity contribution in [3.63, 3.8) is 0 Å². The van der Waals surface area contributed by atoms with E-state index in [9.17, 15) is 14.0 Å². The zero-order valence-electron chi connectivity index (χ0n) is 11.8. The number of benzene rings is 1. The van der Waals surface area contributed by atoms with Crippen molar-refractivity contribution in [2.75, 3.05) is 44.7 Å². The van der Waals surface area contributed by atoms with E-state index >= 15 is 0 Å². The van der Waals surface area contributed by atoms with Crippen molar-refractivity contribution in [2.45, 2.75) is 0 Å². The number of para-hydroxylation sites is 1. The SMILES string of the molecule is CN(CCO)C(=O)CN1CCN(c2ccccc2F)C1=O. The van der Waals surface area contributed by atoms with Gasteiger partial charge in [-0.1, -0.05) is 12.1 Å². The molecule has 0 aromatic heterocycles. The average Bonchev–Trinajstić information content (AvgIpc) is 2.81. The van der Waals surface area contributed by atoms with Crippen LogP contribution in [0.5, 0.6) is 0 Å². The molecule has 1 fully saturated rings. The molecule has 7 heteroatoms. The van der Waals surface area contributed by atoms with Crippen molar-refractivity contribution in [1.82, 2.24) is 9.80 Å². The molecule has 0 unspecified atom stereocenters. The van der Waals surface area contributed by atoms with Crippen LogP contribution in [0.4, 0.5) is 14.9 Å². The second-order valence-electron chi connectivity index (χ2n) is 4.85. The van der Waals surface area contributed by atoms with Gasteiger partial charge in [0.1, 0.15) is 12.4 Å². The fraction of sp³-hybridized carbons (Fsp3) is 0.429. The summed E-state index contributed by atoms with van der Waals surface area (Å²) in [6.07, 6.45) is 0. The third-order valence-electron chi connectivity index (χ3n) is 3.43. The molecule has 1 N–H and O–H groups in total. The van der Waals surface area contributed by atoms with Crippen LogP contribution in [0.1, 0.15) is 0 Å². The van der Waals surface area contributed by atoms with Crippen LogP contribution < -0.4 is 4.90 Å². The Balaban J connectivity index is 2.02. The van der Waals surface area contributed by atoms with Crippen molar-refractivity contribution < 1.29 is 19.1 Å². The first kappa shape index (κ1) is 15.2. The Morgan fingerprint density at radius 3 is 2.76 bits per heavy atom. The topological polar surface area (TPSA) is 64.1 Å². The minimum absolute atomic E-state index is 0.0692. The first-order valence-corrected chi connectivity index (χ1v) is 6.70. The smallest absolute Gasteiger partial charge is 0.325 e. The fourth-order valence-electron chi connectivity index (χ4n) is 2.18. The molecule has 1 aromatic rings. The predicted molar refractivity (Wildman–Crippen MR) is 75.4 cm³/mol. The normalized spacial score (nSPS) is 14.7. The van der Waals surface area contributed by atoms with Gasteiger partial charge in [0.15, 0.2) is 0 Å². The molecule has 1 saturated heterocycles. The second-order valence-corrected chi connectivity index (χ2v) is 4.85. The Kier molecular flexibility index (Phi) is 4.74. The van der Waals surface area contributed by atoms with Crippen molar-refractivity contribution >= 4 is 17.6 Å². The molecule has 6 nitrogen and oxygen atoms in total. The van der Waals surface area contributed by atoms with Gasteiger partial charge in [-0.2, -0.15) is 0 Å². The molecular weight excluding hydrogens is 277 g/mol. The van der Waals surface area contributed by atoms with Gasteiger partial charge in [0.25, 0.3) is 0 Å². The van der Waals surface area contributed by atoms with Gasteiger partial charge in [-0.05, 0) is 12.1 Å². The van der Waals surface area contributed by atoms with E-state index < -0.39 is 5.82 Å². The molecule has 0 spiro atoms. The molecule has 21 heavy (non-hydrogen) atoms. The number of rotatable bonds is 5. The minimum Gasteiger partial charge on any atom is -0.395 e. The highest BCUT2D eigenvalue weighted by atomic mass is 19.1. The van der Waals surface area contributed by atoms with E-state index in [0.717, 1.165) is 0 Å². The zero-order chi connectivity index (χ0) is 15.4.